The van der Waals surface area contributed by atoms with E-state index in [-0.39, 0.29) is 17.9 Å². The largest absolute Gasteiger partial charge is 0.508 e. The van der Waals surface area contributed by atoms with Crippen LogP contribution in [0.15, 0.2) is 30.3 Å². The molecule has 1 amide bonds. The van der Waals surface area contributed by atoms with E-state index in [2.05, 4.69) is 21.0 Å². The van der Waals surface area contributed by atoms with Crippen LogP contribution in [0, 0.1) is 19.8 Å². The molecular weight excluding hydrogens is 352 g/mol. The number of likely N-dealkylation sites (tertiary alicyclic amines) is 1. The van der Waals surface area contributed by atoms with Crippen LogP contribution >= 0.6 is 0 Å². The zero-order valence-corrected chi connectivity index (χ0v) is 16.6. The fourth-order valence-corrected chi connectivity index (χ4v) is 5.81. The van der Waals surface area contributed by atoms with Gasteiger partial charge in [0.15, 0.2) is 0 Å². The number of hydrogen-bond donors (Lipinski definition) is 1. The van der Waals surface area contributed by atoms with Crippen molar-refractivity contribution < 1.29 is 9.90 Å². The summed E-state index contributed by atoms with van der Waals surface area (Å²) in [5.41, 5.74) is 3.12. The molecule has 6 rings (SSSR count). The number of rotatable bonds is 3. The first kappa shape index (κ1) is 17.7. The van der Waals surface area contributed by atoms with Crippen molar-refractivity contribution in [3.05, 3.63) is 47.3 Å². The molecule has 6 nitrogen and oxygen atoms in total. The fraction of sp³-hybridized carbons (Fsp3) is 0.545. The number of carbonyl (C=O) groups is 1. The van der Waals surface area contributed by atoms with E-state index < -0.39 is 0 Å². The quantitative estimate of drug-likeness (QED) is 0.888. The second-order valence-electron chi connectivity index (χ2n) is 8.69. The highest BCUT2D eigenvalue weighted by molar-refractivity contribution is 5.77. The van der Waals surface area contributed by atoms with E-state index in [0.717, 1.165) is 36.6 Å². The lowest BCUT2D eigenvalue weighted by Gasteiger charge is -2.51. The highest BCUT2D eigenvalue weighted by atomic mass is 16.3. The van der Waals surface area contributed by atoms with Crippen molar-refractivity contribution in [2.45, 2.75) is 51.2 Å². The van der Waals surface area contributed by atoms with Crippen molar-refractivity contribution in [2.75, 3.05) is 19.6 Å². The normalized spacial score (nSPS) is 31.2. The van der Waals surface area contributed by atoms with Crippen LogP contribution in [-0.2, 0) is 11.3 Å². The van der Waals surface area contributed by atoms with Crippen LogP contribution < -0.4 is 0 Å². The van der Waals surface area contributed by atoms with Crippen LogP contribution in [0.1, 0.15) is 35.7 Å². The van der Waals surface area contributed by atoms with Crippen LogP contribution in [-0.4, -0.2) is 62.3 Å². The molecule has 5 heterocycles. The van der Waals surface area contributed by atoms with Crippen LogP contribution in [0.2, 0.25) is 0 Å². The summed E-state index contributed by atoms with van der Waals surface area (Å²) in [7, 11) is 0. The third kappa shape index (κ3) is 2.82. The number of carbonyl (C=O) groups excluding carboxylic acids is 1. The van der Waals surface area contributed by atoms with Crippen molar-refractivity contribution in [1.82, 2.24) is 19.6 Å². The molecule has 148 valence electrons. The van der Waals surface area contributed by atoms with Gasteiger partial charge in [-0.1, -0.05) is 12.1 Å². The zero-order chi connectivity index (χ0) is 19.4. The van der Waals surface area contributed by atoms with E-state index in [1.54, 1.807) is 6.07 Å². The van der Waals surface area contributed by atoms with Gasteiger partial charge in [-0.15, -0.1) is 0 Å². The number of aromatic nitrogens is 2. The van der Waals surface area contributed by atoms with Crippen LogP contribution in [0.3, 0.4) is 0 Å². The maximum atomic E-state index is 13.3. The first-order valence-corrected chi connectivity index (χ1v) is 10.3. The summed E-state index contributed by atoms with van der Waals surface area (Å²) in [5, 5.41) is 14.5. The number of nitrogens with zero attached hydrogens (tertiary/aromatic N) is 4. The third-order valence-corrected chi connectivity index (χ3v) is 7.00. The highest BCUT2D eigenvalue weighted by Crippen LogP contribution is 2.46. The molecule has 6 heteroatoms. The summed E-state index contributed by atoms with van der Waals surface area (Å²) in [6.45, 7) is 7.25. The number of piperidine rings is 3. The lowest BCUT2D eigenvalue weighted by atomic mass is 9.75. The summed E-state index contributed by atoms with van der Waals surface area (Å²) >= 11 is 0. The van der Waals surface area contributed by atoms with Crippen LogP contribution in [0.4, 0.5) is 0 Å². The first-order valence-electron chi connectivity index (χ1n) is 10.3. The average Bonchev–Trinajstić information content (AvgIpc) is 3.24. The van der Waals surface area contributed by atoms with Gasteiger partial charge in [0.2, 0.25) is 5.91 Å². The second-order valence-corrected chi connectivity index (χ2v) is 8.69. The van der Waals surface area contributed by atoms with E-state index in [4.69, 9.17) is 0 Å². The van der Waals surface area contributed by atoms with Crippen molar-refractivity contribution in [1.29, 1.82) is 0 Å². The fourth-order valence-electron chi connectivity index (χ4n) is 5.81. The molecule has 0 aliphatic carbocycles. The maximum absolute atomic E-state index is 13.3. The Hall–Kier alpha value is -2.34. The van der Waals surface area contributed by atoms with Crippen molar-refractivity contribution >= 4 is 5.91 Å². The molecule has 0 saturated carbocycles. The predicted molar refractivity (Wildman–Crippen MR) is 106 cm³/mol. The van der Waals surface area contributed by atoms with E-state index in [1.807, 2.05) is 36.7 Å². The maximum Gasteiger partial charge on any atom is 0.244 e. The molecule has 0 spiro atoms. The minimum atomic E-state index is 0.164. The Bertz CT molecular complexity index is 900. The van der Waals surface area contributed by atoms with Crippen molar-refractivity contribution in [3.8, 4) is 5.75 Å². The minimum absolute atomic E-state index is 0.164. The smallest absolute Gasteiger partial charge is 0.244 e. The Kier molecular flexibility index (Phi) is 4.19. The summed E-state index contributed by atoms with van der Waals surface area (Å²) in [6.07, 6.45) is 2.36. The average molecular weight is 380 g/mol. The number of phenols is 1. The highest BCUT2D eigenvalue weighted by Gasteiger charge is 2.54. The molecule has 3 atom stereocenters. The molecule has 4 saturated heterocycles. The number of phenolic OH excluding ortho intramolecular Hbond substituents is 1. The van der Waals surface area contributed by atoms with E-state index >= 15 is 0 Å². The van der Waals surface area contributed by atoms with Gasteiger partial charge in [0.1, 0.15) is 12.3 Å². The molecular formula is C22H28N4O2. The molecule has 4 aliphatic rings. The van der Waals surface area contributed by atoms with E-state index in [1.165, 1.54) is 12.8 Å². The lowest BCUT2D eigenvalue weighted by Crippen LogP contribution is -2.61. The number of fused-ring (bicyclic) bond motifs is 2. The van der Waals surface area contributed by atoms with Gasteiger partial charge in [-0.2, -0.15) is 5.10 Å². The zero-order valence-electron chi connectivity index (χ0n) is 16.6. The van der Waals surface area contributed by atoms with Gasteiger partial charge in [-0.3, -0.25) is 14.4 Å². The van der Waals surface area contributed by atoms with Crippen LogP contribution in [0.5, 0.6) is 5.75 Å². The molecule has 4 aliphatic heterocycles. The van der Waals surface area contributed by atoms with Gasteiger partial charge in [0.25, 0.3) is 0 Å². The Morgan fingerprint density at radius 2 is 1.96 bits per heavy atom. The van der Waals surface area contributed by atoms with Gasteiger partial charge in [-0.25, -0.2) is 0 Å². The molecule has 28 heavy (non-hydrogen) atoms. The number of benzene rings is 1. The third-order valence-electron chi connectivity index (χ3n) is 7.00. The molecule has 2 bridgehead atoms. The monoisotopic (exact) mass is 380 g/mol. The first-order chi connectivity index (χ1) is 13.5. The number of hydrogen-bond acceptors (Lipinski definition) is 4. The predicted octanol–water partition coefficient (Wildman–Crippen LogP) is 2.29. The number of amides is 1. The van der Waals surface area contributed by atoms with E-state index in [0.29, 0.717) is 24.3 Å². The van der Waals surface area contributed by atoms with Crippen molar-refractivity contribution in [3.63, 3.8) is 0 Å². The topological polar surface area (TPSA) is 61.6 Å². The molecule has 1 aromatic heterocycles. The molecule has 1 N–H and O–H groups in total. The number of aromatic hydroxyl groups is 1. The van der Waals surface area contributed by atoms with Crippen LogP contribution in [0.25, 0.3) is 0 Å². The van der Waals surface area contributed by atoms with Gasteiger partial charge in [0, 0.05) is 24.2 Å². The van der Waals surface area contributed by atoms with Gasteiger partial charge < -0.3 is 10.0 Å². The van der Waals surface area contributed by atoms with E-state index in [9.17, 15) is 9.90 Å². The summed E-state index contributed by atoms with van der Waals surface area (Å²) < 4.78 is 1.83. The van der Waals surface area contributed by atoms with Gasteiger partial charge in [-0.05, 0) is 69.5 Å². The molecule has 0 radical (unpaired) electrons. The number of aryl methyl sites for hydroxylation is 2. The molecule has 4 fully saturated rings. The summed E-state index contributed by atoms with van der Waals surface area (Å²) in [6, 6.07) is 10.3. The van der Waals surface area contributed by atoms with Gasteiger partial charge in [0.05, 0.1) is 11.7 Å². The van der Waals surface area contributed by atoms with Crippen molar-refractivity contribution in [2.24, 2.45) is 5.92 Å². The second kappa shape index (κ2) is 6.62. The Labute approximate surface area is 165 Å². The Morgan fingerprint density at radius 1 is 1.18 bits per heavy atom. The SMILES string of the molecule is Cc1cc(C)n(CC(=O)N2C[C@H](c3cccc(O)c3)[C@H]3[C@@H]2C2CCN3CC2)n1. The van der Waals surface area contributed by atoms with Gasteiger partial charge >= 0.3 is 0 Å². The Morgan fingerprint density at radius 3 is 2.64 bits per heavy atom. The molecule has 1 aromatic carbocycles. The Balaban J connectivity index is 1.46. The molecule has 0 unspecified atom stereocenters. The summed E-state index contributed by atoms with van der Waals surface area (Å²) in [4.78, 5) is 18.1. The standard InChI is InChI=1S/C22H28N4O2/c1-14-10-15(2)26(23-14)13-20(28)25-12-19(17-4-3-5-18(27)11-17)22-21(25)16-6-8-24(22)9-7-16/h3-5,10-11,16,19,21-22,27H,6-9,12-13H2,1-2H3/t19-,21+,22+/m1/s1. The summed E-state index contributed by atoms with van der Waals surface area (Å²) in [5.74, 6) is 1.31. The minimum Gasteiger partial charge on any atom is -0.508 e. The molecule has 2 aromatic rings. The lowest BCUT2D eigenvalue weighted by molar-refractivity contribution is -0.136.